The molecule has 0 aromatic heterocycles. The van der Waals surface area contributed by atoms with Gasteiger partial charge < -0.3 is 5.73 Å². The van der Waals surface area contributed by atoms with Gasteiger partial charge in [0, 0.05) is 5.70 Å². The lowest BCUT2D eigenvalue weighted by Crippen LogP contribution is -2.08. The summed E-state index contributed by atoms with van der Waals surface area (Å²) < 4.78 is 0. The standard InChI is InChI=1S/C15H21N.C2H6/c1-5-14(10-12(3)13(4)16)15-9-7-6-8-11(15)2;1-2/h5-9,12H,4,10,16H2,1-3H3;1-2H3/b14-5-;. The zero-order valence-electron chi connectivity index (χ0n) is 12.5. The van der Waals surface area contributed by atoms with E-state index in [1.165, 1.54) is 16.7 Å². The third kappa shape index (κ3) is 4.79. The van der Waals surface area contributed by atoms with Crippen molar-refractivity contribution >= 4 is 5.57 Å². The van der Waals surface area contributed by atoms with Gasteiger partial charge in [-0.2, -0.15) is 0 Å². The number of aryl methyl sites for hydroxylation is 1. The van der Waals surface area contributed by atoms with Crippen LogP contribution in [0.2, 0.25) is 0 Å². The fourth-order valence-corrected chi connectivity index (χ4v) is 1.78. The Hall–Kier alpha value is -1.50. The summed E-state index contributed by atoms with van der Waals surface area (Å²) in [7, 11) is 0. The van der Waals surface area contributed by atoms with Gasteiger partial charge in [0.2, 0.25) is 0 Å². The first-order valence-corrected chi connectivity index (χ1v) is 6.71. The Kier molecular flexibility index (Phi) is 7.86. The van der Waals surface area contributed by atoms with Crippen LogP contribution in [0.5, 0.6) is 0 Å². The predicted octanol–water partition coefficient (Wildman–Crippen LogP) is 4.92. The molecule has 0 radical (unpaired) electrons. The van der Waals surface area contributed by atoms with Crippen LogP contribution in [0.4, 0.5) is 0 Å². The van der Waals surface area contributed by atoms with Crippen LogP contribution < -0.4 is 5.73 Å². The average Bonchev–Trinajstić information content (AvgIpc) is 2.39. The summed E-state index contributed by atoms with van der Waals surface area (Å²) in [5.41, 5.74) is 10.5. The second kappa shape index (κ2) is 8.57. The number of nitrogens with two attached hydrogens (primary N) is 1. The van der Waals surface area contributed by atoms with E-state index in [4.69, 9.17) is 5.73 Å². The first-order chi connectivity index (χ1) is 8.56. The second-order valence-electron chi connectivity index (χ2n) is 4.31. The van der Waals surface area contributed by atoms with E-state index in [0.29, 0.717) is 5.92 Å². The van der Waals surface area contributed by atoms with E-state index in [0.717, 1.165) is 12.1 Å². The van der Waals surface area contributed by atoms with E-state index >= 15 is 0 Å². The molecule has 0 aliphatic rings. The molecule has 0 aliphatic carbocycles. The Balaban J connectivity index is 0.00000137. The molecule has 1 rings (SSSR count). The lowest BCUT2D eigenvalue weighted by atomic mass is 9.91. The molecule has 0 amide bonds. The van der Waals surface area contributed by atoms with Gasteiger partial charge in [0.15, 0.2) is 0 Å². The third-order valence-electron chi connectivity index (χ3n) is 3.00. The van der Waals surface area contributed by atoms with Gasteiger partial charge in [-0.3, -0.25) is 0 Å². The minimum Gasteiger partial charge on any atom is -0.402 e. The van der Waals surface area contributed by atoms with Gasteiger partial charge in [-0.25, -0.2) is 0 Å². The van der Waals surface area contributed by atoms with Gasteiger partial charge in [0.1, 0.15) is 0 Å². The van der Waals surface area contributed by atoms with Crippen molar-refractivity contribution in [2.45, 2.75) is 41.0 Å². The second-order valence-corrected chi connectivity index (χ2v) is 4.31. The Bertz CT molecular complexity index is 402. The van der Waals surface area contributed by atoms with Crippen molar-refractivity contribution < 1.29 is 0 Å². The molecule has 1 aromatic rings. The van der Waals surface area contributed by atoms with Crippen LogP contribution in [0.25, 0.3) is 5.57 Å². The van der Waals surface area contributed by atoms with Crippen molar-refractivity contribution in [1.82, 2.24) is 0 Å². The van der Waals surface area contributed by atoms with Crippen molar-refractivity contribution in [3.8, 4) is 0 Å². The van der Waals surface area contributed by atoms with E-state index < -0.39 is 0 Å². The minimum absolute atomic E-state index is 0.325. The van der Waals surface area contributed by atoms with Crippen molar-refractivity contribution in [3.05, 3.63) is 53.7 Å². The van der Waals surface area contributed by atoms with E-state index in [1.54, 1.807) is 0 Å². The summed E-state index contributed by atoms with van der Waals surface area (Å²) in [6.45, 7) is 14.1. The first-order valence-electron chi connectivity index (χ1n) is 6.71. The highest BCUT2D eigenvalue weighted by Crippen LogP contribution is 2.26. The van der Waals surface area contributed by atoms with Crippen LogP contribution in [-0.2, 0) is 0 Å². The highest BCUT2D eigenvalue weighted by atomic mass is 14.6. The maximum absolute atomic E-state index is 5.73. The highest BCUT2D eigenvalue weighted by Gasteiger charge is 2.09. The zero-order chi connectivity index (χ0) is 14.1. The quantitative estimate of drug-likeness (QED) is 0.800. The molecule has 100 valence electrons. The third-order valence-corrected chi connectivity index (χ3v) is 3.00. The maximum atomic E-state index is 5.73. The van der Waals surface area contributed by atoms with Gasteiger partial charge in [0.05, 0.1) is 0 Å². The Morgan fingerprint density at radius 1 is 1.33 bits per heavy atom. The van der Waals surface area contributed by atoms with Crippen LogP contribution in [0.15, 0.2) is 42.6 Å². The molecule has 0 aliphatic heterocycles. The molecule has 18 heavy (non-hydrogen) atoms. The molecule has 0 heterocycles. The van der Waals surface area contributed by atoms with Crippen molar-refractivity contribution in [3.63, 3.8) is 0 Å². The Morgan fingerprint density at radius 3 is 2.33 bits per heavy atom. The van der Waals surface area contributed by atoms with Crippen LogP contribution >= 0.6 is 0 Å². The molecule has 0 saturated heterocycles. The normalized spacial score (nSPS) is 12.4. The maximum Gasteiger partial charge on any atom is 0.00395 e. The molecule has 1 atom stereocenters. The molecule has 0 spiro atoms. The monoisotopic (exact) mass is 245 g/mol. The largest absolute Gasteiger partial charge is 0.402 e. The van der Waals surface area contributed by atoms with Crippen molar-refractivity contribution in [2.75, 3.05) is 0 Å². The molecule has 1 unspecified atom stereocenters. The number of benzene rings is 1. The summed E-state index contributed by atoms with van der Waals surface area (Å²) in [4.78, 5) is 0. The average molecular weight is 245 g/mol. The van der Waals surface area contributed by atoms with E-state index in [2.05, 4.69) is 57.7 Å². The molecule has 2 N–H and O–H groups in total. The Morgan fingerprint density at radius 2 is 1.89 bits per heavy atom. The molecule has 1 nitrogen and oxygen atoms in total. The summed E-state index contributed by atoms with van der Waals surface area (Å²) >= 11 is 0. The lowest BCUT2D eigenvalue weighted by Gasteiger charge is -2.15. The SMILES string of the molecule is C=C(N)C(C)C/C(=C/C)c1ccccc1C.CC. The van der Waals surface area contributed by atoms with E-state index in [9.17, 15) is 0 Å². The van der Waals surface area contributed by atoms with Crippen LogP contribution in [0, 0.1) is 12.8 Å². The summed E-state index contributed by atoms with van der Waals surface area (Å²) in [6.07, 6.45) is 3.12. The van der Waals surface area contributed by atoms with Gasteiger partial charge in [0.25, 0.3) is 0 Å². The molecular weight excluding hydrogens is 218 g/mol. The first kappa shape index (κ1) is 16.5. The minimum atomic E-state index is 0.325. The van der Waals surface area contributed by atoms with E-state index in [-0.39, 0.29) is 0 Å². The highest BCUT2D eigenvalue weighted by molar-refractivity contribution is 5.68. The van der Waals surface area contributed by atoms with Crippen LogP contribution in [-0.4, -0.2) is 0 Å². The topological polar surface area (TPSA) is 26.0 Å². The van der Waals surface area contributed by atoms with Crippen LogP contribution in [0.3, 0.4) is 0 Å². The van der Waals surface area contributed by atoms with E-state index in [1.807, 2.05) is 13.8 Å². The van der Waals surface area contributed by atoms with Crippen molar-refractivity contribution in [1.29, 1.82) is 0 Å². The molecule has 0 fully saturated rings. The molecule has 0 bridgehead atoms. The molecular formula is C17H27N. The summed E-state index contributed by atoms with van der Waals surface area (Å²) in [5.74, 6) is 0.325. The number of hydrogen-bond acceptors (Lipinski definition) is 1. The predicted molar refractivity (Wildman–Crippen MR) is 83.3 cm³/mol. The van der Waals surface area contributed by atoms with Gasteiger partial charge in [-0.1, -0.05) is 57.7 Å². The fourth-order valence-electron chi connectivity index (χ4n) is 1.78. The number of allylic oxidation sites excluding steroid dienone is 3. The summed E-state index contributed by atoms with van der Waals surface area (Å²) in [5, 5.41) is 0. The number of hydrogen-bond donors (Lipinski definition) is 1. The van der Waals surface area contributed by atoms with Crippen molar-refractivity contribution in [2.24, 2.45) is 11.7 Å². The fraction of sp³-hybridized carbons (Fsp3) is 0.412. The Labute approximate surface area is 112 Å². The van der Waals surface area contributed by atoms with Crippen LogP contribution in [0.1, 0.15) is 45.2 Å². The number of rotatable bonds is 4. The molecule has 1 heteroatoms. The van der Waals surface area contributed by atoms with Gasteiger partial charge in [-0.15, -0.1) is 0 Å². The lowest BCUT2D eigenvalue weighted by molar-refractivity contribution is 0.698. The zero-order valence-corrected chi connectivity index (χ0v) is 12.5. The summed E-state index contributed by atoms with van der Waals surface area (Å²) in [6, 6.07) is 8.45. The molecule has 0 saturated carbocycles. The smallest absolute Gasteiger partial charge is 0.00395 e. The van der Waals surface area contributed by atoms with Gasteiger partial charge in [-0.05, 0) is 42.9 Å². The van der Waals surface area contributed by atoms with Gasteiger partial charge >= 0.3 is 0 Å². The molecule has 1 aromatic carbocycles.